The summed E-state index contributed by atoms with van der Waals surface area (Å²) in [6, 6.07) is 5.95. The van der Waals surface area contributed by atoms with E-state index in [9.17, 15) is 14.4 Å². The van der Waals surface area contributed by atoms with Crippen LogP contribution in [0.5, 0.6) is 0 Å². The van der Waals surface area contributed by atoms with Crippen molar-refractivity contribution in [1.82, 2.24) is 15.5 Å². The van der Waals surface area contributed by atoms with Gasteiger partial charge in [0.2, 0.25) is 11.8 Å². The fraction of sp³-hybridized carbons (Fsp3) is 0.667. The Bertz CT molecular complexity index is 806. The second-order valence-corrected chi connectivity index (χ2v) is 10.9. The van der Waals surface area contributed by atoms with Gasteiger partial charge in [-0.15, -0.1) is 0 Å². The molecule has 2 unspecified atom stereocenters. The molecule has 198 valence electrons. The summed E-state index contributed by atoms with van der Waals surface area (Å²) >= 11 is 1.59. The number of nitrogens with zero attached hydrogens (tertiary/aromatic N) is 1. The van der Waals surface area contributed by atoms with E-state index in [0.717, 1.165) is 30.4 Å². The molecule has 0 aliphatic rings. The molecule has 0 aliphatic heterocycles. The third-order valence-corrected chi connectivity index (χ3v) is 6.11. The number of hydrogen-bond acceptors (Lipinski definition) is 5. The van der Waals surface area contributed by atoms with Crippen LogP contribution in [-0.4, -0.2) is 59.0 Å². The van der Waals surface area contributed by atoms with Crippen molar-refractivity contribution < 1.29 is 19.1 Å². The minimum absolute atomic E-state index is 0.217. The van der Waals surface area contributed by atoms with Gasteiger partial charge < -0.3 is 20.3 Å². The van der Waals surface area contributed by atoms with Crippen LogP contribution in [0.25, 0.3) is 0 Å². The Morgan fingerprint density at radius 3 is 2.20 bits per heavy atom. The van der Waals surface area contributed by atoms with E-state index in [1.807, 2.05) is 44.4 Å². The summed E-state index contributed by atoms with van der Waals surface area (Å²) in [5.41, 5.74) is 1.22. The first-order valence-corrected chi connectivity index (χ1v) is 14.0. The number of benzene rings is 1. The zero-order valence-electron chi connectivity index (χ0n) is 22.8. The second-order valence-electron chi connectivity index (χ2n) is 9.96. The lowest BCUT2D eigenvalue weighted by Crippen LogP contribution is -2.55. The fourth-order valence-electron chi connectivity index (χ4n) is 3.66. The predicted octanol–water partition coefficient (Wildman–Crippen LogP) is 5.09. The molecule has 1 rings (SSSR count). The van der Waals surface area contributed by atoms with Crippen LogP contribution in [0.15, 0.2) is 24.3 Å². The summed E-state index contributed by atoms with van der Waals surface area (Å²) in [5.74, 6) is 0.164. The van der Waals surface area contributed by atoms with Gasteiger partial charge in [-0.05, 0) is 77.0 Å². The number of amides is 3. The highest BCUT2D eigenvalue weighted by Crippen LogP contribution is 2.26. The molecule has 0 radical (unpaired) electrons. The number of rotatable bonds is 13. The van der Waals surface area contributed by atoms with Gasteiger partial charge in [-0.2, -0.15) is 11.8 Å². The lowest BCUT2D eigenvalue weighted by atomic mass is 9.99. The van der Waals surface area contributed by atoms with Crippen LogP contribution in [0.3, 0.4) is 0 Å². The zero-order valence-corrected chi connectivity index (χ0v) is 23.6. The van der Waals surface area contributed by atoms with Crippen LogP contribution in [-0.2, 0) is 20.7 Å². The van der Waals surface area contributed by atoms with E-state index in [0.29, 0.717) is 18.7 Å². The molecule has 8 heteroatoms. The van der Waals surface area contributed by atoms with Gasteiger partial charge in [0, 0.05) is 12.6 Å². The van der Waals surface area contributed by atoms with Gasteiger partial charge in [-0.25, -0.2) is 4.79 Å². The highest BCUT2D eigenvalue weighted by molar-refractivity contribution is 7.98. The molecule has 2 atom stereocenters. The molecule has 0 spiro atoms. The van der Waals surface area contributed by atoms with E-state index in [-0.39, 0.29) is 17.9 Å². The Balaban J connectivity index is 3.38. The number of carbonyl (C=O) groups is 3. The van der Waals surface area contributed by atoms with Crippen molar-refractivity contribution in [2.45, 2.75) is 97.9 Å². The number of hydrogen-bond donors (Lipinski definition) is 2. The van der Waals surface area contributed by atoms with Crippen LogP contribution in [0, 0.1) is 0 Å². The number of thioether (sulfide) groups is 1. The topological polar surface area (TPSA) is 87.7 Å². The average Bonchev–Trinajstić information content (AvgIpc) is 2.78. The summed E-state index contributed by atoms with van der Waals surface area (Å²) < 4.78 is 5.42. The highest BCUT2D eigenvalue weighted by Gasteiger charge is 2.37. The Morgan fingerprint density at radius 2 is 1.71 bits per heavy atom. The summed E-state index contributed by atoms with van der Waals surface area (Å²) in [7, 11) is 0. The monoisotopic (exact) mass is 507 g/mol. The maximum absolute atomic E-state index is 13.9. The molecule has 2 N–H and O–H groups in total. The Morgan fingerprint density at radius 1 is 1.09 bits per heavy atom. The van der Waals surface area contributed by atoms with Crippen molar-refractivity contribution in [1.29, 1.82) is 0 Å². The maximum Gasteiger partial charge on any atom is 0.408 e. The zero-order chi connectivity index (χ0) is 26.6. The van der Waals surface area contributed by atoms with Gasteiger partial charge in [-0.3, -0.25) is 9.59 Å². The van der Waals surface area contributed by atoms with E-state index in [4.69, 9.17) is 4.74 Å². The molecule has 0 saturated heterocycles. The van der Waals surface area contributed by atoms with Crippen LogP contribution < -0.4 is 10.6 Å². The van der Waals surface area contributed by atoms with Crippen molar-refractivity contribution in [3.63, 3.8) is 0 Å². The van der Waals surface area contributed by atoms with Gasteiger partial charge in [0.05, 0.1) is 0 Å². The molecule has 0 bridgehead atoms. The number of nitrogens with one attached hydrogen (secondary N) is 2. The van der Waals surface area contributed by atoms with Crippen molar-refractivity contribution in [3.8, 4) is 0 Å². The highest BCUT2D eigenvalue weighted by atomic mass is 32.2. The number of carbonyl (C=O) groups excluding carboxylic acids is 3. The summed E-state index contributed by atoms with van der Waals surface area (Å²) in [4.78, 5) is 41.5. The summed E-state index contributed by atoms with van der Waals surface area (Å²) in [6.45, 7) is 13.8. The van der Waals surface area contributed by atoms with Crippen molar-refractivity contribution in [3.05, 3.63) is 35.4 Å². The molecule has 0 heterocycles. The number of aryl methyl sites for hydroxylation is 1. The molecular formula is C27H45N3O4S. The Labute approximate surface area is 216 Å². The third-order valence-electron chi connectivity index (χ3n) is 5.47. The molecule has 7 nitrogen and oxygen atoms in total. The summed E-state index contributed by atoms with van der Waals surface area (Å²) in [5, 5.41) is 5.77. The fourth-order valence-corrected chi connectivity index (χ4v) is 4.13. The first-order chi connectivity index (χ1) is 16.4. The summed E-state index contributed by atoms with van der Waals surface area (Å²) in [6.07, 6.45) is 4.45. The molecule has 1 aromatic rings. The van der Waals surface area contributed by atoms with Gasteiger partial charge in [-0.1, -0.05) is 44.5 Å². The first-order valence-electron chi connectivity index (χ1n) is 12.6. The van der Waals surface area contributed by atoms with E-state index in [2.05, 4.69) is 24.5 Å². The van der Waals surface area contributed by atoms with Crippen LogP contribution >= 0.6 is 11.8 Å². The molecular weight excluding hydrogens is 462 g/mol. The molecule has 0 fully saturated rings. The van der Waals surface area contributed by atoms with Crippen molar-refractivity contribution in [2.75, 3.05) is 18.6 Å². The smallest absolute Gasteiger partial charge is 0.408 e. The Kier molecular flexibility index (Phi) is 13.2. The van der Waals surface area contributed by atoms with Gasteiger partial charge >= 0.3 is 6.09 Å². The quantitative estimate of drug-likeness (QED) is 0.363. The molecule has 1 aromatic carbocycles. The number of unbranched alkanes of at least 4 members (excludes halogenated alkanes) is 1. The third kappa shape index (κ3) is 10.5. The lowest BCUT2D eigenvalue weighted by Gasteiger charge is -2.37. The molecule has 35 heavy (non-hydrogen) atoms. The van der Waals surface area contributed by atoms with Crippen molar-refractivity contribution >= 4 is 29.7 Å². The van der Waals surface area contributed by atoms with Crippen LogP contribution in [0.2, 0.25) is 0 Å². The van der Waals surface area contributed by atoms with Crippen LogP contribution in [0.1, 0.15) is 84.9 Å². The average molecular weight is 508 g/mol. The number of ether oxygens (including phenoxy) is 1. The lowest BCUT2D eigenvalue weighted by molar-refractivity contribution is -0.144. The van der Waals surface area contributed by atoms with E-state index in [1.165, 1.54) is 0 Å². The van der Waals surface area contributed by atoms with Crippen molar-refractivity contribution in [2.24, 2.45) is 0 Å². The maximum atomic E-state index is 13.9. The van der Waals surface area contributed by atoms with E-state index in [1.54, 1.807) is 37.4 Å². The largest absolute Gasteiger partial charge is 0.444 e. The Hall–Kier alpha value is -2.22. The first kappa shape index (κ1) is 30.8. The molecule has 0 aromatic heterocycles. The standard InChI is InChI=1S/C27H45N3O4S/c1-9-11-17-28-24(31)23(21-14-12-20(10-2)13-15-21)30(19(3)4)25(32)22(16-18-35-8)29-26(33)34-27(5,6)7/h12-15,19,22-23H,9-11,16-18H2,1-8H3,(H,28,31)(H,29,33). The van der Waals surface area contributed by atoms with Crippen LogP contribution in [0.4, 0.5) is 4.79 Å². The second kappa shape index (κ2) is 15.0. The van der Waals surface area contributed by atoms with Gasteiger partial charge in [0.1, 0.15) is 17.7 Å². The minimum atomic E-state index is -0.805. The van der Waals surface area contributed by atoms with E-state index < -0.39 is 23.8 Å². The normalized spacial score (nSPS) is 13.2. The number of alkyl carbamates (subject to hydrolysis) is 1. The minimum Gasteiger partial charge on any atom is -0.444 e. The van der Waals surface area contributed by atoms with Gasteiger partial charge in [0.25, 0.3) is 0 Å². The van der Waals surface area contributed by atoms with E-state index >= 15 is 0 Å². The molecule has 0 aliphatic carbocycles. The SMILES string of the molecule is CCCCNC(=O)C(c1ccc(CC)cc1)N(C(=O)C(CCSC)NC(=O)OC(C)(C)C)C(C)C. The van der Waals surface area contributed by atoms with Gasteiger partial charge in [0.15, 0.2) is 0 Å². The predicted molar refractivity (Wildman–Crippen MR) is 145 cm³/mol. The molecule has 0 saturated carbocycles. The molecule has 3 amide bonds.